The zero-order chi connectivity index (χ0) is 14.9. The molecule has 1 amide bonds. The number of carboxylic acid groups (broad SMARTS) is 1. The summed E-state index contributed by atoms with van der Waals surface area (Å²) in [6.07, 6.45) is 0. The van der Waals surface area contributed by atoms with E-state index in [9.17, 15) is 14.7 Å². The van der Waals surface area contributed by atoms with Gasteiger partial charge in [0.05, 0.1) is 12.0 Å². The molecule has 0 spiro atoms. The molecule has 1 aromatic carbocycles. The highest BCUT2D eigenvalue weighted by Gasteiger charge is 2.34. The second-order valence-corrected chi connectivity index (χ2v) is 5.58. The highest BCUT2D eigenvalue weighted by atomic mass is 16.4. The molecular formula is C15H20N2O3. The molecule has 1 aliphatic heterocycles. The van der Waals surface area contributed by atoms with E-state index in [0.29, 0.717) is 6.54 Å². The minimum Gasteiger partial charge on any atom is -0.481 e. The summed E-state index contributed by atoms with van der Waals surface area (Å²) in [5, 5.41) is 9.36. The van der Waals surface area contributed by atoms with E-state index in [1.54, 1.807) is 4.90 Å². The van der Waals surface area contributed by atoms with Gasteiger partial charge in [-0.15, -0.1) is 0 Å². The molecule has 20 heavy (non-hydrogen) atoms. The third kappa shape index (κ3) is 2.67. The lowest BCUT2D eigenvalue weighted by atomic mass is 9.89. The summed E-state index contributed by atoms with van der Waals surface area (Å²) in [5.74, 6) is -1.74. The van der Waals surface area contributed by atoms with Gasteiger partial charge in [-0.1, -0.05) is 38.1 Å². The van der Waals surface area contributed by atoms with E-state index in [0.717, 1.165) is 11.1 Å². The minimum atomic E-state index is -0.909. The zero-order valence-electron chi connectivity index (χ0n) is 11.7. The monoisotopic (exact) mass is 276 g/mol. The van der Waals surface area contributed by atoms with Crippen molar-refractivity contribution in [3.8, 4) is 0 Å². The van der Waals surface area contributed by atoms with Gasteiger partial charge in [-0.2, -0.15) is 0 Å². The number of carbonyl (C=O) groups excluding carboxylic acids is 1. The van der Waals surface area contributed by atoms with Crippen LogP contribution in [0.2, 0.25) is 0 Å². The maximum Gasteiger partial charge on any atom is 0.312 e. The molecule has 2 rings (SSSR count). The summed E-state index contributed by atoms with van der Waals surface area (Å²) < 4.78 is 0. The van der Waals surface area contributed by atoms with E-state index in [1.165, 1.54) is 0 Å². The molecule has 1 aromatic rings. The molecule has 0 saturated carbocycles. The Bertz CT molecular complexity index is 528. The summed E-state index contributed by atoms with van der Waals surface area (Å²) >= 11 is 0. The molecule has 0 fully saturated rings. The Kier molecular flexibility index (Phi) is 4.09. The Morgan fingerprint density at radius 3 is 2.60 bits per heavy atom. The highest BCUT2D eigenvalue weighted by Crippen LogP contribution is 2.29. The Morgan fingerprint density at radius 1 is 1.35 bits per heavy atom. The second kappa shape index (κ2) is 5.63. The molecule has 1 aliphatic rings. The number of carboxylic acids is 1. The molecule has 0 aromatic heterocycles. The van der Waals surface area contributed by atoms with Crippen LogP contribution >= 0.6 is 0 Å². The Morgan fingerprint density at radius 2 is 2.00 bits per heavy atom. The van der Waals surface area contributed by atoms with Crippen LogP contribution in [-0.2, 0) is 16.1 Å². The first-order chi connectivity index (χ1) is 9.41. The highest BCUT2D eigenvalue weighted by molar-refractivity contribution is 5.84. The molecule has 0 aliphatic carbocycles. The van der Waals surface area contributed by atoms with Gasteiger partial charge in [0.25, 0.3) is 0 Å². The van der Waals surface area contributed by atoms with Crippen LogP contribution in [0.1, 0.15) is 30.9 Å². The average Bonchev–Trinajstić information content (AvgIpc) is 2.44. The van der Waals surface area contributed by atoms with E-state index in [2.05, 4.69) is 0 Å². The van der Waals surface area contributed by atoms with Crippen LogP contribution in [-0.4, -0.2) is 34.5 Å². The maximum atomic E-state index is 12.3. The van der Waals surface area contributed by atoms with Gasteiger partial charge in [-0.25, -0.2) is 0 Å². The molecule has 0 saturated heterocycles. The molecule has 0 bridgehead atoms. The fourth-order valence-corrected chi connectivity index (χ4v) is 2.48. The number of rotatable bonds is 3. The van der Waals surface area contributed by atoms with Crippen molar-refractivity contribution in [2.24, 2.45) is 11.7 Å². The van der Waals surface area contributed by atoms with Crippen molar-refractivity contribution in [2.75, 3.05) is 6.54 Å². The van der Waals surface area contributed by atoms with Gasteiger partial charge in [0.2, 0.25) is 5.91 Å². The Hall–Kier alpha value is -1.88. The van der Waals surface area contributed by atoms with Crippen LogP contribution < -0.4 is 5.73 Å². The summed E-state index contributed by atoms with van der Waals surface area (Å²) in [4.78, 5) is 25.3. The number of nitrogens with zero attached hydrogens (tertiary/aromatic N) is 1. The van der Waals surface area contributed by atoms with E-state index in [4.69, 9.17) is 5.73 Å². The lowest BCUT2D eigenvalue weighted by Crippen LogP contribution is -2.49. The van der Waals surface area contributed by atoms with Crippen molar-refractivity contribution >= 4 is 11.9 Å². The third-order valence-corrected chi connectivity index (χ3v) is 3.81. The molecule has 5 nitrogen and oxygen atoms in total. The van der Waals surface area contributed by atoms with Gasteiger partial charge >= 0.3 is 5.97 Å². The molecule has 1 heterocycles. The number of hydrogen-bond donors (Lipinski definition) is 2. The Labute approximate surface area is 118 Å². The van der Waals surface area contributed by atoms with Crippen LogP contribution in [0.25, 0.3) is 0 Å². The summed E-state index contributed by atoms with van der Waals surface area (Å²) in [7, 11) is 0. The van der Waals surface area contributed by atoms with Gasteiger partial charge in [0.1, 0.15) is 0 Å². The number of aliphatic carboxylic acids is 1. The van der Waals surface area contributed by atoms with Crippen molar-refractivity contribution in [3.05, 3.63) is 35.4 Å². The summed E-state index contributed by atoms with van der Waals surface area (Å²) in [6, 6.07) is 6.78. The lowest BCUT2D eigenvalue weighted by molar-refractivity contribution is -0.142. The van der Waals surface area contributed by atoms with Gasteiger partial charge in [0, 0.05) is 13.1 Å². The largest absolute Gasteiger partial charge is 0.481 e. The van der Waals surface area contributed by atoms with E-state index in [-0.39, 0.29) is 18.4 Å². The molecule has 3 N–H and O–H groups in total. The SMILES string of the molecule is CC(C)[C@@H](N)C(=O)N1Cc2ccccc2C(C(=O)O)C1. The standard InChI is InChI=1S/C15H20N2O3/c1-9(2)13(16)14(18)17-7-10-5-3-4-6-11(10)12(8-17)15(19)20/h3-6,9,12-13H,7-8,16H2,1-2H3,(H,19,20)/t12?,13-/m1/s1. The summed E-state index contributed by atoms with van der Waals surface area (Å²) in [6.45, 7) is 4.38. The molecule has 108 valence electrons. The molecule has 1 unspecified atom stereocenters. The maximum absolute atomic E-state index is 12.3. The van der Waals surface area contributed by atoms with E-state index >= 15 is 0 Å². The van der Waals surface area contributed by atoms with Crippen molar-refractivity contribution in [1.29, 1.82) is 0 Å². The van der Waals surface area contributed by atoms with Crippen molar-refractivity contribution in [3.63, 3.8) is 0 Å². The minimum absolute atomic E-state index is 0.0305. The van der Waals surface area contributed by atoms with Gasteiger partial charge < -0.3 is 15.7 Å². The first-order valence-corrected chi connectivity index (χ1v) is 6.76. The van der Waals surface area contributed by atoms with Crippen molar-refractivity contribution in [1.82, 2.24) is 4.90 Å². The van der Waals surface area contributed by atoms with Crippen LogP contribution in [0.4, 0.5) is 0 Å². The van der Waals surface area contributed by atoms with Crippen LogP contribution in [0.3, 0.4) is 0 Å². The zero-order valence-corrected chi connectivity index (χ0v) is 11.7. The smallest absolute Gasteiger partial charge is 0.312 e. The van der Waals surface area contributed by atoms with E-state index < -0.39 is 17.9 Å². The van der Waals surface area contributed by atoms with Crippen LogP contribution in [0, 0.1) is 5.92 Å². The van der Waals surface area contributed by atoms with Crippen LogP contribution in [0.5, 0.6) is 0 Å². The first-order valence-electron chi connectivity index (χ1n) is 6.76. The third-order valence-electron chi connectivity index (χ3n) is 3.81. The fraction of sp³-hybridized carbons (Fsp3) is 0.467. The Balaban J connectivity index is 2.29. The van der Waals surface area contributed by atoms with Crippen molar-refractivity contribution in [2.45, 2.75) is 32.4 Å². The normalized spacial score (nSPS) is 19.6. The quantitative estimate of drug-likeness (QED) is 0.868. The predicted octanol–water partition coefficient (Wildman–Crippen LogP) is 1.18. The topological polar surface area (TPSA) is 83.6 Å². The molecule has 0 radical (unpaired) electrons. The van der Waals surface area contributed by atoms with E-state index in [1.807, 2.05) is 38.1 Å². The predicted molar refractivity (Wildman–Crippen MR) is 75.0 cm³/mol. The molecular weight excluding hydrogens is 256 g/mol. The van der Waals surface area contributed by atoms with Crippen LogP contribution in [0.15, 0.2) is 24.3 Å². The number of hydrogen-bond acceptors (Lipinski definition) is 3. The van der Waals surface area contributed by atoms with Gasteiger partial charge in [-0.3, -0.25) is 9.59 Å². The lowest BCUT2D eigenvalue weighted by Gasteiger charge is -2.34. The number of carbonyl (C=O) groups is 2. The average molecular weight is 276 g/mol. The number of fused-ring (bicyclic) bond motifs is 1. The van der Waals surface area contributed by atoms with Gasteiger partial charge in [0.15, 0.2) is 0 Å². The van der Waals surface area contributed by atoms with Gasteiger partial charge in [-0.05, 0) is 17.0 Å². The number of amides is 1. The second-order valence-electron chi connectivity index (χ2n) is 5.58. The summed E-state index contributed by atoms with van der Waals surface area (Å²) in [5.41, 5.74) is 7.57. The number of benzene rings is 1. The fourth-order valence-electron chi connectivity index (χ4n) is 2.48. The van der Waals surface area contributed by atoms with Crippen molar-refractivity contribution < 1.29 is 14.7 Å². The number of nitrogens with two attached hydrogens (primary N) is 1. The first kappa shape index (κ1) is 14.5. The molecule has 2 atom stereocenters. The molecule has 5 heteroatoms.